The van der Waals surface area contributed by atoms with Crippen molar-refractivity contribution in [3.05, 3.63) is 0 Å². The van der Waals surface area contributed by atoms with Gasteiger partial charge in [0.2, 0.25) is 0 Å². The number of hydrogen-bond donors (Lipinski definition) is 1. The lowest BCUT2D eigenvalue weighted by molar-refractivity contribution is -0.147. The first-order valence-electron chi connectivity index (χ1n) is 6.47. The van der Waals surface area contributed by atoms with Gasteiger partial charge in [-0.25, -0.2) is 0 Å². The van der Waals surface area contributed by atoms with Crippen molar-refractivity contribution < 1.29 is 14.3 Å². The number of nitrogens with zero attached hydrogens (tertiary/aromatic N) is 2. The van der Waals surface area contributed by atoms with Crippen LogP contribution in [-0.4, -0.2) is 74.6 Å². The molecule has 0 atom stereocenters. The Balaban J connectivity index is 2.25. The van der Waals surface area contributed by atoms with Crippen molar-refractivity contribution >= 4 is 11.8 Å². The van der Waals surface area contributed by atoms with Gasteiger partial charge in [-0.05, 0) is 13.0 Å². The third-order valence-corrected chi connectivity index (χ3v) is 3.11. The van der Waals surface area contributed by atoms with Crippen LogP contribution in [0.2, 0.25) is 0 Å². The fourth-order valence-corrected chi connectivity index (χ4v) is 1.90. The molecule has 1 saturated heterocycles. The molecule has 104 valence electrons. The lowest BCUT2D eigenvalue weighted by Gasteiger charge is -2.33. The van der Waals surface area contributed by atoms with E-state index in [1.54, 1.807) is 12.0 Å². The Bertz CT molecular complexity index is 276. The number of likely N-dealkylation sites (N-methyl/N-ethyl adjacent to an activating group) is 1. The summed E-state index contributed by atoms with van der Waals surface area (Å²) in [7, 11) is 1.61. The molecule has 1 rings (SSSR count). The average molecular weight is 257 g/mol. The molecule has 0 bridgehead atoms. The summed E-state index contributed by atoms with van der Waals surface area (Å²) in [6.07, 6.45) is 0.721. The number of hydrogen-bond acceptors (Lipinski definition) is 4. The van der Waals surface area contributed by atoms with Gasteiger partial charge in [0.15, 0.2) is 0 Å². The molecular formula is C12H23N3O3. The molecule has 0 unspecified atom stereocenters. The van der Waals surface area contributed by atoms with Gasteiger partial charge in [0.05, 0.1) is 0 Å². The zero-order valence-electron chi connectivity index (χ0n) is 11.3. The summed E-state index contributed by atoms with van der Waals surface area (Å²) in [5.41, 5.74) is 0. The van der Waals surface area contributed by atoms with E-state index in [9.17, 15) is 9.59 Å². The first-order chi connectivity index (χ1) is 8.69. The van der Waals surface area contributed by atoms with Gasteiger partial charge in [-0.1, -0.05) is 6.92 Å². The second-order valence-electron chi connectivity index (χ2n) is 4.33. The molecule has 0 saturated carbocycles. The molecule has 0 spiro atoms. The summed E-state index contributed by atoms with van der Waals surface area (Å²) in [5, 5.41) is 2.62. The number of rotatable bonds is 5. The molecule has 1 fully saturated rings. The van der Waals surface area contributed by atoms with E-state index in [2.05, 4.69) is 17.1 Å². The molecule has 0 aliphatic carbocycles. The van der Waals surface area contributed by atoms with E-state index < -0.39 is 11.8 Å². The van der Waals surface area contributed by atoms with Crippen molar-refractivity contribution in [2.75, 3.05) is 53.0 Å². The topological polar surface area (TPSA) is 61.9 Å². The largest absolute Gasteiger partial charge is 0.385 e. The Labute approximate surface area is 108 Å². The SMILES string of the molecule is CCN1CCN(C(=O)C(=O)NCCCOC)CC1. The first kappa shape index (κ1) is 14.9. The summed E-state index contributed by atoms with van der Waals surface area (Å²) < 4.78 is 4.87. The number of ether oxygens (including phenoxy) is 1. The molecule has 18 heavy (non-hydrogen) atoms. The van der Waals surface area contributed by atoms with Crippen LogP contribution in [0.3, 0.4) is 0 Å². The van der Waals surface area contributed by atoms with Crippen molar-refractivity contribution in [2.45, 2.75) is 13.3 Å². The Morgan fingerprint density at radius 2 is 1.89 bits per heavy atom. The summed E-state index contributed by atoms with van der Waals surface area (Å²) in [4.78, 5) is 27.3. The Kier molecular flexibility index (Phi) is 6.67. The van der Waals surface area contributed by atoms with E-state index in [0.29, 0.717) is 26.2 Å². The first-order valence-corrected chi connectivity index (χ1v) is 6.47. The summed E-state index contributed by atoms with van der Waals surface area (Å²) in [6, 6.07) is 0. The van der Waals surface area contributed by atoms with Gasteiger partial charge in [-0.2, -0.15) is 0 Å². The lowest BCUT2D eigenvalue weighted by Crippen LogP contribution is -2.52. The predicted molar refractivity (Wildman–Crippen MR) is 68.2 cm³/mol. The summed E-state index contributed by atoms with van der Waals surface area (Å²) in [5.74, 6) is -0.917. The quantitative estimate of drug-likeness (QED) is 0.523. The molecule has 0 radical (unpaired) electrons. The van der Waals surface area contributed by atoms with E-state index in [-0.39, 0.29) is 0 Å². The number of carbonyl (C=O) groups excluding carboxylic acids is 2. The molecule has 1 aliphatic heterocycles. The van der Waals surface area contributed by atoms with E-state index in [1.165, 1.54) is 0 Å². The maximum absolute atomic E-state index is 11.8. The van der Waals surface area contributed by atoms with Crippen LogP contribution in [-0.2, 0) is 14.3 Å². The minimum Gasteiger partial charge on any atom is -0.385 e. The average Bonchev–Trinajstić information content (AvgIpc) is 2.42. The summed E-state index contributed by atoms with van der Waals surface area (Å²) >= 11 is 0. The Morgan fingerprint density at radius 3 is 2.44 bits per heavy atom. The van der Waals surface area contributed by atoms with Crippen LogP contribution >= 0.6 is 0 Å². The van der Waals surface area contributed by atoms with Crippen LogP contribution in [0.4, 0.5) is 0 Å². The summed E-state index contributed by atoms with van der Waals surface area (Å²) in [6.45, 7) is 7.12. The van der Waals surface area contributed by atoms with Crippen molar-refractivity contribution in [2.24, 2.45) is 0 Å². The second kappa shape index (κ2) is 8.05. The maximum Gasteiger partial charge on any atom is 0.311 e. The fraction of sp³-hybridized carbons (Fsp3) is 0.833. The highest BCUT2D eigenvalue weighted by Crippen LogP contribution is 2.01. The third kappa shape index (κ3) is 4.62. The van der Waals surface area contributed by atoms with Crippen LogP contribution in [0, 0.1) is 0 Å². The van der Waals surface area contributed by atoms with E-state index >= 15 is 0 Å². The predicted octanol–water partition coefficient (Wildman–Crippen LogP) is -0.697. The van der Waals surface area contributed by atoms with Gasteiger partial charge in [0.1, 0.15) is 0 Å². The molecule has 0 aromatic heterocycles. The number of carbonyl (C=O) groups is 2. The Morgan fingerprint density at radius 1 is 1.22 bits per heavy atom. The van der Waals surface area contributed by atoms with E-state index in [4.69, 9.17) is 4.74 Å². The van der Waals surface area contributed by atoms with Crippen LogP contribution in [0.15, 0.2) is 0 Å². The molecule has 6 heteroatoms. The van der Waals surface area contributed by atoms with Crippen molar-refractivity contribution in [3.63, 3.8) is 0 Å². The van der Waals surface area contributed by atoms with E-state index in [0.717, 1.165) is 26.1 Å². The second-order valence-corrected chi connectivity index (χ2v) is 4.33. The molecule has 0 aromatic rings. The van der Waals surface area contributed by atoms with Gasteiger partial charge in [-0.3, -0.25) is 9.59 Å². The molecule has 1 heterocycles. The van der Waals surface area contributed by atoms with Crippen LogP contribution in [0.5, 0.6) is 0 Å². The van der Waals surface area contributed by atoms with Gasteiger partial charge in [0.25, 0.3) is 0 Å². The highest BCUT2D eigenvalue weighted by atomic mass is 16.5. The zero-order chi connectivity index (χ0) is 13.4. The minimum atomic E-state index is -0.504. The lowest BCUT2D eigenvalue weighted by atomic mass is 10.3. The molecule has 1 aliphatic rings. The minimum absolute atomic E-state index is 0.414. The Hall–Kier alpha value is -1.14. The number of amides is 2. The number of piperazine rings is 1. The fourth-order valence-electron chi connectivity index (χ4n) is 1.90. The molecule has 1 N–H and O–H groups in total. The third-order valence-electron chi connectivity index (χ3n) is 3.11. The standard InChI is InChI=1S/C12H23N3O3/c1-3-14-6-8-15(9-7-14)12(17)11(16)13-5-4-10-18-2/h3-10H2,1-2H3,(H,13,16). The van der Waals surface area contributed by atoms with Crippen molar-refractivity contribution in [1.82, 2.24) is 15.1 Å². The normalized spacial score (nSPS) is 16.7. The van der Waals surface area contributed by atoms with Gasteiger partial charge in [-0.15, -0.1) is 0 Å². The van der Waals surface area contributed by atoms with Crippen molar-refractivity contribution in [1.29, 1.82) is 0 Å². The zero-order valence-corrected chi connectivity index (χ0v) is 11.3. The number of nitrogens with one attached hydrogen (secondary N) is 1. The smallest absolute Gasteiger partial charge is 0.311 e. The monoisotopic (exact) mass is 257 g/mol. The highest BCUT2D eigenvalue weighted by molar-refractivity contribution is 6.35. The molecular weight excluding hydrogens is 234 g/mol. The highest BCUT2D eigenvalue weighted by Gasteiger charge is 2.24. The number of methoxy groups -OCH3 is 1. The molecule has 6 nitrogen and oxygen atoms in total. The van der Waals surface area contributed by atoms with Crippen LogP contribution in [0.25, 0.3) is 0 Å². The molecule has 2 amide bonds. The van der Waals surface area contributed by atoms with Gasteiger partial charge in [0, 0.05) is 46.4 Å². The van der Waals surface area contributed by atoms with Crippen molar-refractivity contribution in [3.8, 4) is 0 Å². The van der Waals surface area contributed by atoms with Crippen LogP contribution < -0.4 is 5.32 Å². The van der Waals surface area contributed by atoms with Gasteiger partial charge < -0.3 is 19.9 Å². The van der Waals surface area contributed by atoms with Crippen LogP contribution in [0.1, 0.15) is 13.3 Å². The molecule has 0 aromatic carbocycles. The van der Waals surface area contributed by atoms with Gasteiger partial charge >= 0.3 is 11.8 Å². The van der Waals surface area contributed by atoms with E-state index in [1.807, 2.05) is 0 Å². The maximum atomic E-state index is 11.8.